The van der Waals surface area contributed by atoms with E-state index in [1.807, 2.05) is 60.7 Å². The van der Waals surface area contributed by atoms with Crippen LogP contribution in [0.4, 0.5) is 28.4 Å². The van der Waals surface area contributed by atoms with Crippen molar-refractivity contribution in [3.05, 3.63) is 356 Å². The Balaban J connectivity index is 0.000000129. The van der Waals surface area contributed by atoms with Gasteiger partial charge in [0.15, 0.2) is 0 Å². The van der Waals surface area contributed by atoms with Crippen LogP contribution in [0.25, 0.3) is 131 Å². The smallest absolute Gasteiger partial charge is 0.0574 e. The monoisotopic (exact) mass is 1280 g/mol. The molecule has 0 spiro atoms. The van der Waals surface area contributed by atoms with Crippen molar-refractivity contribution in [2.75, 3.05) is 10.2 Å². The molecule has 16 aromatic carbocycles. The lowest BCUT2D eigenvalue weighted by molar-refractivity contribution is 1.02. The van der Waals surface area contributed by atoms with Gasteiger partial charge in [0.25, 0.3) is 0 Å². The van der Waals surface area contributed by atoms with Crippen molar-refractivity contribution in [3.8, 4) is 44.5 Å². The fourth-order valence-corrected chi connectivity index (χ4v) is 14.4. The van der Waals surface area contributed by atoms with E-state index in [0.717, 1.165) is 32.9 Å². The van der Waals surface area contributed by atoms with E-state index in [4.69, 9.17) is 0 Å². The minimum atomic E-state index is 1.10. The zero-order chi connectivity index (χ0) is 63.8. The number of rotatable bonds is 9. The summed E-state index contributed by atoms with van der Waals surface area (Å²) < 4.78 is 5.83. The first-order valence-electron chi connectivity index (χ1n) is 32.4. The average molecular weight is 1280 g/mol. The minimum Gasteiger partial charge on any atom is -0.356 e. The lowest BCUT2D eigenvalue weighted by Crippen LogP contribution is -2.09. The number of hydrogen-bond acceptors (Lipinski definition) is 2. The van der Waals surface area contributed by atoms with Crippen LogP contribution in [0, 0.1) is 0 Å². The van der Waals surface area contributed by atoms with Gasteiger partial charge >= 0.3 is 0 Å². The van der Waals surface area contributed by atoms with Gasteiger partial charge in [-0.05, 0) is 186 Å². The Kier molecular flexibility index (Phi) is 15.6. The maximum atomic E-state index is 3.54. The van der Waals surface area contributed by atoms with E-state index in [9.17, 15) is 0 Å². The molecule has 0 radical (unpaired) electrons. The molecule has 5 heteroatoms. The molecule has 452 valence electrons. The van der Waals surface area contributed by atoms with Crippen molar-refractivity contribution in [3.63, 3.8) is 0 Å². The standard InChI is InChI=1S/C45H32N2.C33H22BrN.C12H11N/c1-46-43-28-25-34(30-42(43)44-40-21-10-8-19-38(40)39-20-9-11-22-41(39)45(44)46)33-14-12-13-32(29-33)31-23-26-37(27-24-31)47(35-15-4-2-5-16-35)36-17-6-3-7-18-36;1-35-31-18-15-24(23-8-6-7-22(19-23)21-13-16-25(34)17-14-21)20-30(31)32-28-11-4-2-9-26(28)27-10-3-5-12-29(27)33(32)35;1-3-7-11(8-4-1)13-12-9-5-2-6-10-12/h2-30H,1H3;2-20H,1H3;1-10,13H. The number of para-hydroxylation sites is 4. The second kappa shape index (κ2) is 25.4. The molecule has 0 saturated heterocycles. The molecule has 0 aliphatic heterocycles. The zero-order valence-corrected chi connectivity index (χ0v) is 54.3. The first kappa shape index (κ1) is 58.3. The van der Waals surface area contributed by atoms with Crippen LogP contribution < -0.4 is 10.2 Å². The molecule has 4 nitrogen and oxygen atoms in total. The van der Waals surface area contributed by atoms with Crippen LogP contribution in [0.15, 0.2) is 356 Å². The van der Waals surface area contributed by atoms with Crippen molar-refractivity contribution in [1.29, 1.82) is 0 Å². The third-order valence-corrected chi connectivity index (χ3v) is 19.2. The summed E-state index contributed by atoms with van der Waals surface area (Å²) in [6.45, 7) is 0. The number of halogens is 1. The number of aromatic nitrogens is 2. The molecule has 0 fully saturated rings. The summed E-state index contributed by atoms with van der Waals surface area (Å²) in [5.74, 6) is 0. The quantitative estimate of drug-likeness (QED) is 0.146. The molecule has 0 amide bonds. The Labute approximate surface area is 561 Å². The lowest BCUT2D eigenvalue weighted by Gasteiger charge is -2.25. The third-order valence-electron chi connectivity index (χ3n) is 18.6. The predicted molar refractivity (Wildman–Crippen MR) is 411 cm³/mol. The maximum Gasteiger partial charge on any atom is 0.0574 e. The van der Waals surface area contributed by atoms with Crippen LogP contribution in [0.2, 0.25) is 0 Å². The maximum absolute atomic E-state index is 3.54. The Morgan fingerprint density at radius 3 is 0.937 bits per heavy atom. The fraction of sp³-hybridized carbons (Fsp3) is 0.0222. The van der Waals surface area contributed by atoms with Gasteiger partial charge in [0.2, 0.25) is 0 Å². The highest BCUT2D eigenvalue weighted by Gasteiger charge is 2.20. The van der Waals surface area contributed by atoms with E-state index in [2.05, 4.69) is 341 Å². The number of hydrogen-bond donors (Lipinski definition) is 1. The Morgan fingerprint density at radius 1 is 0.242 bits per heavy atom. The summed E-state index contributed by atoms with van der Waals surface area (Å²) in [5, 5.41) is 19.0. The van der Waals surface area contributed by atoms with Crippen LogP contribution in [-0.4, -0.2) is 9.13 Å². The molecule has 0 saturated carbocycles. The highest BCUT2D eigenvalue weighted by atomic mass is 79.9. The second-order valence-corrected chi connectivity index (χ2v) is 25.2. The van der Waals surface area contributed by atoms with E-state index in [1.54, 1.807) is 0 Å². The lowest BCUT2D eigenvalue weighted by atomic mass is 9.95. The number of fused-ring (bicyclic) bond motifs is 16. The SMILES string of the molecule is Cn1c2ccc(-c3cccc(-c4ccc(Br)cc4)c3)cc2c2c3ccccc3c3ccccc3c21.Cn1c2ccc(-c3cccc(-c4ccc(N(c5ccccc5)c5ccccc5)cc4)c3)cc2c2c3ccccc3c3ccccc3c21.c1ccc(Nc2ccccc2)cc1. The van der Waals surface area contributed by atoms with Gasteiger partial charge in [0.05, 0.1) is 11.0 Å². The molecule has 0 aliphatic rings. The highest BCUT2D eigenvalue weighted by molar-refractivity contribution is 9.10. The van der Waals surface area contributed by atoms with Gasteiger partial charge in [-0.2, -0.15) is 0 Å². The van der Waals surface area contributed by atoms with Crippen molar-refractivity contribution < 1.29 is 0 Å². The molecule has 1 N–H and O–H groups in total. The molecule has 18 aromatic rings. The molecule has 2 heterocycles. The molecule has 95 heavy (non-hydrogen) atoms. The van der Waals surface area contributed by atoms with Gasteiger partial charge in [0.1, 0.15) is 0 Å². The molecule has 0 atom stereocenters. The van der Waals surface area contributed by atoms with Crippen molar-refractivity contribution in [1.82, 2.24) is 9.13 Å². The van der Waals surface area contributed by atoms with E-state index in [0.29, 0.717) is 0 Å². The predicted octanol–water partition coefficient (Wildman–Crippen LogP) is 25.6. The first-order valence-corrected chi connectivity index (χ1v) is 33.2. The summed E-state index contributed by atoms with van der Waals surface area (Å²) in [6.07, 6.45) is 0. The average Bonchev–Trinajstić information content (AvgIpc) is 1.59. The summed E-state index contributed by atoms with van der Waals surface area (Å²) >= 11 is 3.54. The molecule has 2 aromatic heterocycles. The van der Waals surface area contributed by atoms with Crippen LogP contribution in [0.5, 0.6) is 0 Å². The van der Waals surface area contributed by atoms with Crippen LogP contribution >= 0.6 is 15.9 Å². The molecular weight excluding hydrogens is 1220 g/mol. The topological polar surface area (TPSA) is 25.1 Å². The Bertz CT molecular complexity index is 5740. The van der Waals surface area contributed by atoms with Gasteiger partial charge in [0, 0.05) is 90.4 Å². The Morgan fingerprint density at radius 2 is 0.537 bits per heavy atom. The molecule has 0 unspecified atom stereocenters. The fourth-order valence-electron chi connectivity index (χ4n) is 14.2. The summed E-state index contributed by atoms with van der Waals surface area (Å²) in [5.41, 5.74) is 20.5. The van der Waals surface area contributed by atoms with Crippen molar-refractivity contribution >= 4 is 131 Å². The van der Waals surface area contributed by atoms with E-state index < -0.39 is 0 Å². The van der Waals surface area contributed by atoms with Gasteiger partial charge in [-0.1, -0.05) is 259 Å². The number of benzene rings is 16. The van der Waals surface area contributed by atoms with Gasteiger partial charge in [-0.3, -0.25) is 0 Å². The summed E-state index contributed by atoms with van der Waals surface area (Å²) in [4.78, 5) is 2.30. The van der Waals surface area contributed by atoms with Gasteiger partial charge < -0.3 is 19.4 Å². The Hall–Kier alpha value is -11.8. The minimum absolute atomic E-state index is 1.10. The van der Waals surface area contributed by atoms with Crippen LogP contribution in [-0.2, 0) is 14.1 Å². The second-order valence-electron chi connectivity index (χ2n) is 24.3. The third kappa shape index (κ3) is 11.1. The summed E-state index contributed by atoms with van der Waals surface area (Å²) in [7, 11) is 4.40. The van der Waals surface area contributed by atoms with Crippen molar-refractivity contribution in [2.24, 2.45) is 14.1 Å². The van der Waals surface area contributed by atoms with Gasteiger partial charge in [-0.15, -0.1) is 0 Å². The van der Waals surface area contributed by atoms with Crippen molar-refractivity contribution in [2.45, 2.75) is 0 Å². The number of nitrogens with one attached hydrogen (secondary N) is 1. The number of nitrogens with zero attached hydrogens (tertiary/aromatic N) is 3. The van der Waals surface area contributed by atoms with Gasteiger partial charge in [-0.25, -0.2) is 0 Å². The van der Waals surface area contributed by atoms with Crippen LogP contribution in [0.1, 0.15) is 0 Å². The van der Waals surface area contributed by atoms with E-state index >= 15 is 0 Å². The normalized spacial score (nSPS) is 11.3. The molecule has 0 aliphatic carbocycles. The summed E-state index contributed by atoms with van der Waals surface area (Å²) in [6, 6.07) is 126. The highest BCUT2D eigenvalue weighted by Crippen LogP contribution is 2.45. The zero-order valence-electron chi connectivity index (χ0n) is 52.7. The van der Waals surface area contributed by atoms with Crippen LogP contribution in [0.3, 0.4) is 0 Å². The molecular formula is C90H65BrN4. The number of aryl methyl sites for hydroxylation is 2. The van der Waals surface area contributed by atoms with E-state index in [1.165, 1.54) is 131 Å². The number of anilines is 5. The van der Waals surface area contributed by atoms with E-state index in [-0.39, 0.29) is 0 Å². The largest absolute Gasteiger partial charge is 0.356 e. The first-order chi connectivity index (χ1) is 46.9. The molecule has 0 bridgehead atoms. The molecule has 18 rings (SSSR count).